The summed E-state index contributed by atoms with van der Waals surface area (Å²) in [6.07, 6.45) is 1.00. The molecule has 0 amide bonds. The lowest BCUT2D eigenvalue weighted by Crippen LogP contribution is -2.55. The third-order valence-corrected chi connectivity index (χ3v) is 5.24. The maximum Gasteiger partial charge on any atom is 0.0414 e. The Kier molecular flexibility index (Phi) is 5.28. The molecule has 3 N–H and O–H groups in total. The van der Waals surface area contributed by atoms with E-state index in [-0.39, 0.29) is 0 Å². The molecule has 1 aromatic carbocycles. The second-order valence-corrected chi connectivity index (χ2v) is 6.62. The maximum atomic E-state index is 5.83. The van der Waals surface area contributed by atoms with Crippen molar-refractivity contribution in [3.8, 4) is 0 Å². The van der Waals surface area contributed by atoms with Crippen LogP contribution in [-0.4, -0.2) is 42.1 Å². The molecule has 0 radical (unpaired) electrons. The van der Waals surface area contributed by atoms with Crippen LogP contribution in [0.3, 0.4) is 0 Å². The van der Waals surface area contributed by atoms with E-state index in [1.807, 2.05) is 11.8 Å². The molecule has 1 heterocycles. The summed E-state index contributed by atoms with van der Waals surface area (Å²) in [4.78, 5) is 2.44. The summed E-state index contributed by atoms with van der Waals surface area (Å²) in [7, 11) is 2.21. The molecule has 2 atom stereocenters. The topological polar surface area (TPSA) is 41.3 Å². The molecule has 0 aliphatic carbocycles. The predicted octanol–water partition coefficient (Wildman–Crippen LogP) is 1.73. The number of likely N-dealkylation sites (N-methyl/N-ethyl adjacent to an activating group) is 1. The highest BCUT2D eigenvalue weighted by Gasteiger charge is 2.28. The summed E-state index contributed by atoms with van der Waals surface area (Å²) in [6.45, 7) is 5.53. The van der Waals surface area contributed by atoms with Crippen molar-refractivity contribution in [1.29, 1.82) is 0 Å². The number of hydrazine groups is 1. The van der Waals surface area contributed by atoms with Crippen molar-refractivity contribution in [3.63, 3.8) is 0 Å². The first-order valence-electron chi connectivity index (χ1n) is 6.92. The zero-order chi connectivity index (χ0) is 13.8. The second kappa shape index (κ2) is 6.75. The Morgan fingerprint density at radius 3 is 2.68 bits per heavy atom. The smallest absolute Gasteiger partial charge is 0.0414 e. The molecule has 4 heteroatoms. The van der Waals surface area contributed by atoms with Crippen molar-refractivity contribution >= 4 is 11.8 Å². The Hall–Kier alpha value is -0.550. The van der Waals surface area contributed by atoms with Crippen molar-refractivity contribution in [1.82, 2.24) is 10.3 Å². The molecule has 106 valence electrons. The first kappa shape index (κ1) is 14.9. The largest absolute Gasteiger partial charge is 0.300 e. The lowest BCUT2D eigenvalue weighted by Gasteiger charge is -2.37. The molecule has 3 nitrogen and oxygen atoms in total. The fraction of sp³-hybridized carbons (Fsp3) is 0.600. The van der Waals surface area contributed by atoms with Crippen LogP contribution in [0.4, 0.5) is 0 Å². The molecule has 1 fully saturated rings. The average Bonchev–Trinajstić information content (AvgIpc) is 2.40. The normalized spacial score (nSPS) is 22.4. The van der Waals surface area contributed by atoms with Gasteiger partial charge in [-0.1, -0.05) is 18.2 Å². The van der Waals surface area contributed by atoms with Gasteiger partial charge in [-0.3, -0.25) is 11.3 Å². The molecule has 0 saturated carbocycles. The Morgan fingerprint density at radius 2 is 2.11 bits per heavy atom. The summed E-state index contributed by atoms with van der Waals surface area (Å²) < 4.78 is 0. The monoisotopic (exact) mass is 279 g/mol. The SMILES string of the molecule is Cc1cccc(C)c1CC(NN)C1CSCCN1C. The minimum absolute atomic E-state index is 0.317. The fourth-order valence-corrected chi connectivity index (χ4v) is 4.14. The zero-order valence-electron chi connectivity index (χ0n) is 12.1. The average molecular weight is 279 g/mol. The Bertz CT molecular complexity index is 402. The zero-order valence-corrected chi connectivity index (χ0v) is 13.0. The molecule has 2 rings (SSSR count). The van der Waals surface area contributed by atoms with E-state index in [0.29, 0.717) is 12.1 Å². The van der Waals surface area contributed by atoms with Crippen LogP contribution in [0.25, 0.3) is 0 Å². The Labute approximate surface area is 120 Å². The molecule has 1 saturated heterocycles. The molecule has 0 aromatic heterocycles. The predicted molar refractivity (Wildman–Crippen MR) is 84.5 cm³/mol. The summed E-state index contributed by atoms with van der Waals surface area (Å²) in [5, 5.41) is 0. The van der Waals surface area contributed by atoms with Gasteiger partial charge in [0.05, 0.1) is 0 Å². The van der Waals surface area contributed by atoms with Gasteiger partial charge in [0, 0.05) is 30.1 Å². The van der Waals surface area contributed by atoms with E-state index >= 15 is 0 Å². The number of nitrogens with one attached hydrogen (secondary N) is 1. The van der Waals surface area contributed by atoms with Crippen LogP contribution in [-0.2, 0) is 6.42 Å². The first-order chi connectivity index (χ1) is 9.13. The van der Waals surface area contributed by atoms with E-state index in [2.05, 4.69) is 49.4 Å². The summed E-state index contributed by atoms with van der Waals surface area (Å²) in [5.74, 6) is 8.22. The quantitative estimate of drug-likeness (QED) is 0.650. The van der Waals surface area contributed by atoms with Crippen LogP contribution in [0.5, 0.6) is 0 Å². The van der Waals surface area contributed by atoms with Crippen LogP contribution < -0.4 is 11.3 Å². The highest BCUT2D eigenvalue weighted by atomic mass is 32.2. The number of benzene rings is 1. The molecule has 0 bridgehead atoms. The number of nitrogens with zero attached hydrogens (tertiary/aromatic N) is 1. The van der Waals surface area contributed by atoms with Crippen molar-refractivity contribution < 1.29 is 0 Å². The molecule has 1 aliphatic heterocycles. The summed E-state index contributed by atoms with van der Waals surface area (Å²) >= 11 is 2.03. The molecule has 1 aliphatic rings. The Balaban J connectivity index is 2.14. The van der Waals surface area contributed by atoms with Gasteiger partial charge in [0.15, 0.2) is 0 Å². The molecule has 0 spiro atoms. The van der Waals surface area contributed by atoms with Crippen molar-refractivity contribution in [3.05, 3.63) is 34.9 Å². The highest BCUT2D eigenvalue weighted by Crippen LogP contribution is 2.22. The van der Waals surface area contributed by atoms with Crippen molar-refractivity contribution in [2.24, 2.45) is 5.84 Å². The van der Waals surface area contributed by atoms with E-state index in [1.165, 1.54) is 22.4 Å². The molecule has 1 aromatic rings. The van der Waals surface area contributed by atoms with Crippen molar-refractivity contribution in [2.45, 2.75) is 32.4 Å². The van der Waals surface area contributed by atoms with Gasteiger partial charge in [-0.2, -0.15) is 11.8 Å². The lowest BCUT2D eigenvalue weighted by atomic mass is 9.93. The second-order valence-electron chi connectivity index (χ2n) is 5.47. The van der Waals surface area contributed by atoms with Gasteiger partial charge in [0.25, 0.3) is 0 Å². The van der Waals surface area contributed by atoms with Gasteiger partial charge in [0.1, 0.15) is 0 Å². The van der Waals surface area contributed by atoms with Crippen LogP contribution in [0.2, 0.25) is 0 Å². The number of rotatable bonds is 4. The van der Waals surface area contributed by atoms with Crippen molar-refractivity contribution in [2.75, 3.05) is 25.1 Å². The van der Waals surface area contributed by atoms with Crippen LogP contribution >= 0.6 is 11.8 Å². The van der Waals surface area contributed by atoms with E-state index < -0.39 is 0 Å². The number of aryl methyl sites for hydroxylation is 2. The minimum atomic E-state index is 0.317. The van der Waals surface area contributed by atoms with E-state index in [0.717, 1.165) is 18.7 Å². The summed E-state index contributed by atoms with van der Waals surface area (Å²) in [6, 6.07) is 7.34. The standard InChI is InChI=1S/C15H25N3S/c1-11-5-4-6-12(2)13(11)9-14(17-16)15-10-19-8-7-18(15)3/h4-6,14-15,17H,7-10,16H2,1-3H3. The van der Waals surface area contributed by atoms with Gasteiger partial charge in [0.2, 0.25) is 0 Å². The summed E-state index contributed by atoms with van der Waals surface area (Å²) in [5.41, 5.74) is 7.22. The van der Waals surface area contributed by atoms with Crippen LogP contribution in [0, 0.1) is 13.8 Å². The van der Waals surface area contributed by atoms with E-state index in [4.69, 9.17) is 5.84 Å². The van der Waals surface area contributed by atoms with Crippen LogP contribution in [0.15, 0.2) is 18.2 Å². The van der Waals surface area contributed by atoms with E-state index in [1.54, 1.807) is 0 Å². The highest BCUT2D eigenvalue weighted by molar-refractivity contribution is 7.99. The maximum absolute atomic E-state index is 5.83. The number of hydrogen-bond acceptors (Lipinski definition) is 4. The van der Waals surface area contributed by atoms with Gasteiger partial charge < -0.3 is 4.90 Å². The van der Waals surface area contributed by atoms with Gasteiger partial charge in [-0.15, -0.1) is 0 Å². The fourth-order valence-electron chi connectivity index (χ4n) is 2.83. The lowest BCUT2D eigenvalue weighted by molar-refractivity contribution is 0.214. The third kappa shape index (κ3) is 3.51. The van der Waals surface area contributed by atoms with Crippen LogP contribution in [0.1, 0.15) is 16.7 Å². The van der Waals surface area contributed by atoms with Gasteiger partial charge in [-0.05, 0) is 44.0 Å². The molecule has 19 heavy (non-hydrogen) atoms. The minimum Gasteiger partial charge on any atom is -0.300 e. The number of nitrogens with two attached hydrogens (primary N) is 1. The van der Waals surface area contributed by atoms with E-state index in [9.17, 15) is 0 Å². The molecule has 2 unspecified atom stereocenters. The molecular formula is C15H25N3S. The Morgan fingerprint density at radius 1 is 1.42 bits per heavy atom. The number of hydrogen-bond donors (Lipinski definition) is 2. The first-order valence-corrected chi connectivity index (χ1v) is 8.08. The van der Waals surface area contributed by atoms with Gasteiger partial charge in [-0.25, -0.2) is 0 Å². The van der Waals surface area contributed by atoms with Gasteiger partial charge >= 0.3 is 0 Å². The third-order valence-electron chi connectivity index (χ3n) is 4.19. The molecular weight excluding hydrogens is 254 g/mol. The number of thioether (sulfide) groups is 1.